The van der Waals surface area contributed by atoms with E-state index in [0.29, 0.717) is 12.4 Å². The molecule has 114 valence electrons. The van der Waals surface area contributed by atoms with E-state index in [1.54, 1.807) is 7.05 Å². The largest absolute Gasteiger partial charge is 0.505 e. The van der Waals surface area contributed by atoms with Crippen molar-refractivity contribution in [1.82, 2.24) is 10.2 Å². The summed E-state index contributed by atoms with van der Waals surface area (Å²) in [4.78, 5) is 14.1. The van der Waals surface area contributed by atoms with E-state index < -0.39 is 0 Å². The lowest BCUT2D eigenvalue weighted by Gasteiger charge is -2.30. The maximum absolute atomic E-state index is 12.7. The molecule has 0 unspecified atom stereocenters. The highest BCUT2D eigenvalue weighted by molar-refractivity contribution is 9.10. The number of allylic oxidation sites excluding steroid dienone is 1. The second kappa shape index (κ2) is 6.49. The number of carbonyl (C=O) groups is 1. The second-order valence-electron chi connectivity index (χ2n) is 4.38. The summed E-state index contributed by atoms with van der Waals surface area (Å²) in [6.07, 6.45) is 1.03. The van der Waals surface area contributed by atoms with Crippen molar-refractivity contribution in [1.29, 1.82) is 10.7 Å². The maximum atomic E-state index is 12.7. The number of nitrogens with zero attached hydrogens (tertiary/aromatic N) is 2. The molecule has 1 aliphatic rings. The second-order valence-corrected chi connectivity index (χ2v) is 5.23. The predicted molar refractivity (Wildman–Crippen MR) is 82.4 cm³/mol. The van der Waals surface area contributed by atoms with E-state index in [9.17, 15) is 9.90 Å². The minimum absolute atomic E-state index is 0.00764. The minimum Gasteiger partial charge on any atom is -0.505 e. The fourth-order valence-corrected chi connectivity index (χ4v) is 2.56. The average molecular weight is 365 g/mol. The van der Waals surface area contributed by atoms with Gasteiger partial charge in [0.25, 0.3) is 5.91 Å². The Morgan fingerprint density at radius 1 is 1.64 bits per heavy atom. The van der Waals surface area contributed by atoms with Crippen LogP contribution in [0, 0.1) is 16.7 Å². The van der Waals surface area contributed by atoms with Crippen LogP contribution in [0.2, 0.25) is 0 Å². The van der Waals surface area contributed by atoms with Crippen LogP contribution in [0.25, 0.3) is 0 Å². The Bertz CT molecular complexity index is 709. The van der Waals surface area contributed by atoms with Crippen LogP contribution in [-0.2, 0) is 4.74 Å². The van der Waals surface area contributed by atoms with E-state index in [1.165, 1.54) is 17.0 Å². The topological polar surface area (TPSA) is 109 Å². The van der Waals surface area contributed by atoms with Gasteiger partial charge in [-0.05, 0) is 28.1 Å². The van der Waals surface area contributed by atoms with E-state index in [2.05, 4.69) is 21.2 Å². The van der Waals surface area contributed by atoms with Crippen molar-refractivity contribution in [2.24, 2.45) is 0 Å². The van der Waals surface area contributed by atoms with Gasteiger partial charge < -0.3 is 20.6 Å². The summed E-state index contributed by atoms with van der Waals surface area (Å²) in [6.45, 7) is 0.582. The number of hydrogen-bond donors (Lipinski definition) is 3. The highest BCUT2D eigenvalue weighted by Gasteiger charge is 2.27. The lowest BCUT2D eigenvalue weighted by molar-refractivity contribution is 0.0684. The average Bonchev–Trinajstić information content (AvgIpc) is 2.55. The van der Waals surface area contributed by atoms with Gasteiger partial charge in [-0.15, -0.1) is 0 Å². The first-order valence-electron chi connectivity index (χ1n) is 6.33. The number of halogens is 1. The molecule has 0 aliphatic carbocycles. The fourth-order valence-electron chi connectivity index (χ4n) is 2.09. The molecule has 1 heterocycles. The van der Waals surface area contributed by atoms with Crippen molar-refractivity contribution in [3.05, 3.63) is 39.3 Å². The fraction of sp³-hybridized carbons (Fsp3) is 0.214. The first-order valence-corrected chi connectivity index (χ1v) is 7.12. The molecule has 0 spiro atoms. The van der Waals surface area contributed by atoms with Gasteiger partial charge in [0, 0.05) is 12.6 Å². The van der Waals surface area contributed by atoms with Crippen LogP contribution in [0.4, 0.5) is 0 Å². The lowest BCUT2D eigenvalue weighted by Crippen LogP contribution is -2.42. The van der Waals surface area contributed by atoms with Gasteiger partial charge in [-0.3, -0.25) is 9.69 Å². The molecule has 7 nitrogen and oxygen atoms in total. The van der Waals surface area contributed by atoms with Gasteiger partial charge in [-0.25, -0.2) is 0 Å². The Hall–Kier alpha value is -2.53. The van der Waals surface area contributed by atoms with Crippen LogP contribution in [0.5, 0.6) is 5.75 Å². The molecule has 0 aromatic heterocycles. The van der Waals surface area contributed by atoms with Gasteiger partial charge in [0.1, 0.15) is 18.4 Å². The number of benzene rings is 1. The third-order valence-electron chi connectivity index (χ3n) is 3.12. The monoisotopic (exact) mass is 364 g/mol. The summed E-state index contributed by atoms with van der Waals surface area (Å²) >= 11 is 3.13. The van der Waals surface area contributed by atoms with E-state index >= 15 is 0 Å². The predicted octanol–water partition coefficient (Wildman–Crippen LogP) is 1.54. The van der Waals surface area contributed by atoms with Crippen molar-refractivity contribution in [2.45, 2.75) is 0 Å². The molecule has 1 amide bonds. The minimum atomic E-state index is -0.357. The zero-order chi connectivity index (χ0) is 16.3. The number of ether oxygens (including phenoxy) is 1. The highest BCUT2D eigenvalue weighted by atomic mass is 79.9. The molecule has 0 saturated carbocycles. The Morgan fingerprint density at radius 3 is 2.95 bits per heavy atom. The van der Waals surface area contributed by atoms with Gasteiger partial charge >= 0.3 is 0 Å². The Morgan fingerprint density at radius 2 is 2.36 bits per heavy atom. The molecule has 22 heavy (non-hydrogen) atoms. The van der Waals surface area contributed by atoms with Crippen LogP contribution >= 0.6 is 15.9 Å². The zero-order valence-corrected chi connectivity index (χ0v) is 13.3. The van der Waals surface area contributed by atoms with Crippen molar-refractivity contribution in [3.63, 3.8) is 0 Å². The number of phenolic OH excluding ortho intramolecular Hbond substituents is 1. The molecular weight excluding hydrogens is 352 g/mol. The molecule has 0 bridgehead atoms. The molecule has 1 aromatic rings. The van der Waals surface area contributed by atoms with Gasteiger partial charge in [-0.1, -0.05) is 0 Å². The first kappa shape index (κ1) is 15.9. The molecule has 3 N–H and O–H groups in total. The third kappa shape index (κ3) is 2.76. The number of nitriles is 1. The van der Waals surface area contributed by atoms with Crippen LogP contribution in [0.1, 0.15) is 15.9 Å². The number of carbonyl (C=O) groups excluding carboxylic acids is 1. The zero-order valence-electron chi connectivity index (χ0n) is 11.7. The van der Waals surface area contributed by atoms with Crippen molar-refractivity contribution in [2.75, 3.05) is 20.2 Å². The molecule has 8 heteroatoms. The quantitative estimate of drug-likeness (QED) is 0.704. The number of aromatic hydroxyl groups is 1. The van der Waals surface area contributed by atoms with E-state index in [1.807, 2.05) is 6.07 Å². The van der Waals surface area contributed by atoms with Gasteiger partial charge in [0.15, 0.2) is 11.6 Å². The number of phenols is 1. The van der Waals surface area contributed by atoms with Crippen molar-refractivity contribution < 1.29 is 14.6 Å². The Labute approximate surface area is 135 Å². The Balaban J connectivity index is 2.46. The molecule has 0 saturated heterocycles. The molecule has 1 aliphatic heterocycles. The maximum Gasteiger partial charge on any atom is 0.259 e. The van der Waals surface area contributed by atoms with Gasteiger partial charge in [-0.2, -0.15) is 5.26 Å². The number of amides is 1. The molecule has 0 fully saturated rings. The normalized spacial score (nSPS) is 14.1. The van der Waals surface area contributed by atoms with Crippen molar-refractivity contribution in [3.8, 4) is 11.8 Å². The summed E-state index contributed by atoms with van der Waals surface area (Å²) in [7, 11) is 1.63. The summed E-state index contributed by atoms with van der Waals surface area (Å²) in [5, 5.41) is 28.9. The smallest absolute Gasteiger partial charge is 0.259 e. The SMILES string of the molecule is CNC1=C(C=N)OCCN1C(=O)c1cc(Br)c(O)c(C#N)c1. The summed E-state index contributed by atoms with van der Waals surface area (Å²) in [5.74, 6) is 0.0872. The van der Waals surface area contributed by atoms with Crippen LogP contribution < -0.4 is 5.32 Å². The van der Waals surface area contributed by atoms with E-state index in [-0.39, 0.29) is 39.6 Å². The highest BCUT2D eigenvalue weighted by Crippen LogP contribution is 2.30. The standard InChI is InChI=1S/C14H13BrN4O3/c1-18-13-11(7-17)22-3-2-19(13)14(21)8-4-9(6-16)12(20)10(15)5-8/h4-5,7,17-18,20H,2-3H2,1H3. The van der Waals surface area contributed by atoms with Crippen LogP contribution in [0.15, 0.2) is 28.2 Å². The summed E-state index contributed by atoms with van der Waals surface area (Å²) < 4.78 is 5.58. The number of rotatable bonds is 3. The Kier molecular flexibility index (Phi) is 4.68. The molecule has 1 aromatic carbocycles. The number of nitrogens with one attached hydrogen (secondary N) is 2. The molecule has 0 atom stereocenters. The summed E-state index contributed by atoms with van der Waals surface area (Å²) in [6, 6.07) is 4.62. The van der Waals surface area contributed by atoms with E-state index in [4.69, 9.17) is 15.4 Å². The van der Waals surface area contributed by atoms with Gasteiger partial charge in [0.2, 0.25) is 0 Å². The lowest BCUT2D eigenvalue weighted by atomic mass is 10.1. The molecule has 0 radical (unpaired) electrons. The molecular formula is C14H13BrN4O3. The summed E-state index contributed by atoms with van der Waals surface area (Å²) in [5.41, 5.74) is 0.258. The van der Waals surface area contributed by atoms with Crippen LogP contribution in [-0.4, -0.2) is 42.3 Å². The van der Waals surface area contributed by atoms with Crippen molar-refractivity contribution >= 4 is 28.1 Å². The van der Waals surface area contributed by atoms with Gasteiger partial charge in [0.05, 0.1) is 22.8 Å². The van der Waals surface area contributed by atoms with E-state index in [0.717, 1.165) is 6.21 Å². The third-order valence-corrected chi connectivity index (χ3v) is 3.72. The first-order chi connectivity index (χ1) is 10.5. The number of hydrogen-bond acceptors (Lipinski definition) is 6. The molecule has 2 rings (SSSR count). The van der Waals surface area contributed by atoms with Crippen LogP contribution in [0.3, 0.4) is 0 Å².